The number of para-hydroxylation sites is 1. The lowest BCUT2D eigenvalue weighted by molar-refractivity contribution is -0.274. The molecule has 1 aromatic carbocycles. The van der Waals surface area contributed by atoms with Crippen LogP contribution >= 0.6 is 0 Å². The van der Waals surface area contributed by atoms with Crippen LogP contribution in [0.15, 0.2) is 42.5 Å². The van der Waals surface area contributed by atoms with E-state index in [2.05, 4.69) is 25.1 Å². The third-order valence-electron chi connectivity index (χ3n) is 4.92. The summed E-state index contributed by atoms with van der Waals surface area (Å²) >= 11 is 0. The Bertz CT molecular complexity index is 1310. The number of aryl methyl sites for hydroxylation is 5. The Kier molecular flexibility index (Phi) is 7.19. The molecule has 0 aliphatic carbocycles. The smallest absolute Gasteiger partial charge is 0.405 e. The van der Waals surface area contributed by atoms with Gasteiger partial charge in [0.25, 0.3) is 0 Å². The fraction of sp³-hybridized carbons (Fsp3) is 0.250. The zero-order valence-corrected chi connectivity index (χ0v) is 19.4. The number of amides is 1. The fourth-order valence-corrected chi connectivity index (χ4v) is 3.38. The number of ether oxygens (including phenoxy) is 1. The standard InChI is InChI=1S/C16H14F3N3O.C8H10N2O/c1-9-8-13(21-22-11(3)10(2)20-15(9)22)12-6-4-5-7-14(12)23-16(17,18)19;1-6-3-7(2)10-8(4-6)9-5-11/h4-8H,1-3H3;3-5H,1-2H3,(H,9,10,11). The first-order valence-corrected chi connectivity index (χ1v) is 10.3. The number of fused-ring (bicyclic) bond motifs is 1. The van der Waals surface area contributed by atoms with E-state index in [0.717, 1.165) is 28.2 Å². The minimum Gasteiger partial charge on any atom is -0.405 e. The van der Waals surface area contributed by atoms with Crippen molar-refractivity contribution in [3.05, 3.63) is 70.7 Å². The van der Waals surface area contributed by atoms with Gasteiger partial charge in [-0.05, 0) is 76.1 Å². The second-order valence-electron chi connectivity index (χ2n) is 7.71. The number of hydrogen-bond acceptors (Lipinski definition) is 5. The van der Waals surface area contributed by atoms with Crippen molar-refractivity contribution in [3.8, 4) is 17.0 Å². The molecular weight excluding hydrogens is 447 g/mol. The molecule has 0 saturated heterocycles. The van der Waals surface area contributed by atoms with E-state index < -0.39 is 6.36 Å². The highest BCUT2D eigenvalue weighted by Crippen LogP contribution is 2.33. The Morgan fingerprint density at radius 2 is 1.71 bits per heavy atom. The molecule has 0 saturated carbocycles. The van der Waals surface area contributed by atoms with Crippen molar-refractivity contribution in [1.82, 2.24) is 19.6 Å². The van der Waals surface area contributed by atoms with Gasteiger partial charge in [0.15, 0.2) is 5.65 Å². The second-order valence-corrected chi connectivity index (χ2v) is 7.71. The van der Waals surface area contributed by atoms with Gasteiger partial charge in [-0.25, -0.2) is 14.5 Å². The zero-order valence-electron chi connectivity index (χ0n) is 19.4. The van der Waals surface area contributed by atoms with Gasteiger partial charge in [0.05, 0.1) is 17.1 Å². The molecule has 0 atom stereocenters. The van der Waals surface area contributed by atoms with Crippen LogP contribution in [0.1, 0.15) is 28.2 Å². The third kappa shape index (κ3) is 5.89. The minimum absolute atomic E-state index is 0.277. The van der Waals surface area contributed by atoms with Crippen molar-refractivity contribution < 1.29 is 22.7 Å². The monoisotopic (exact) mass is 471 g/mol. The van der Waals surface area contributed by atoms with E-state index in [1.54, 1.807) is 22.7 Å². The normalized spacial score (nSPS) is 11.1. The van der Waals surface area contributed by atoms with E-state index >= 15 is 0 Å². The van der Waals surface area contributed by atoms with Gasteiger partial charge in [-0.15, -0.1) is 13.2 Å². The van der Waals surface area contributed by atoms with Crippen LogP contribution in [0.25, 0.3) is 16.9 Å². The predicted octanol–water partition coefficient (Wildman–Crippen LogP) is 5.49. The van der Waals surface area contributed by atoms with Crippen LogP contribution < -0.4 is 10.1 Å². The molecule has 10 heteroatoms. The number of hydrogen-bond donors (Lipinski definition) is 1. The topological polar surface area (TPSA) is 81.4 Å². The molecule has 178 valence electrons. The average molecular weight is 471 g/mol. The molecule has 0 fully saturated rings. The van der Waals surface area contributed by atoms with Crippen LogP contribution in [0.5, 0.6) is 5.75 Å². The highest BCUT2D eigenvalue weighted by Gasteiger charge is 2.32. The van der Waals surface area contributed by atoms with Gasteiger partial charge < -0.3 is 10.1 Å². The van der Waals surface area contributed by atoms with Crippen molar-refractivity contribution >= 4 is 17.9 Å². The summed E-state index contributed by atoms with van der Waals surface area (Å²) in [4.78, 5) is 18.5. The number of benzene rings is 1. The van der Waals surface area contributed by atoms with Gasteiger partial charge >= 0.3 is 6.36 Å². The first-order chi connectivity index (χ1) is 16.0. The lowest BCUT2D eigenvalue weighted by Gasteiger charge is -2.13. The maximum atomic E-state index is 12.6. The van der Waals surface area contributed by atoms with Gasteiger partial charge in [0, 0.05) is 11.3 Å². The number of nitrogens with one attached hydrogen (secondary N) is 1. The molecule has 0 aliphatic heterocycles. The molecule has 0 bridgehead atoms. The number of pyridine rings is 1. The van der Waals surface area contributed by atoms with Crippen molar-refractivity contribution in [2.24, 2.45) is 0 Å². The molecule has 4 rings (SSSR count). The van der Waals surface area contributed by atoms with Gasteiger partial charge in [-0.3, -0.25) is 4.79 Å². The molecule has 7 nitrogen and oxygen atoms in total. The Morgan fingerprint density at radius 1 is 1.00 bits per heavy atom. The Morgan fingerprint density at radius 3 is 2.35 bits per heavy atom. The summed E-state index contributed by atoms with van der Waals surface area (Å²) in [5.74, 6) is 0.332. The summed E-state index contributed by atoms with van der Waals surface area (Å²) in [7, 11) is 0. The first-order valence-electron chi connectivity index (χ1n) is 10.3. The third-order valence-corrected chi connectivity index (χ3v) is 4.92. The van der Waals surface area contributed by atoms with Crippen molar-refractivity contribution in [2.75, 3.05) is 5.32 Å². The van der Waals surface area contributed by atoms with Crippen LogP contribution in [-0.4, -0.2) is 32.4 Å². The lowest BCUT2D eigenvalue weighted by Crippen LogP contribution is -2.17. The number of imidazole rings is 1. The Balaban J connectivity index is 0.000000248. The maximum absolute atomic E-state index is 12.6. The summed E-state index contributed by atoms with van der Waals surface area (Å²) < 4.78 is 43.5. The number of carbonyl (C=O) groups is 1. The summed E-state index contributed by atoms with van der Waals surface area (Å²) in [5.41, 5.74) is 5.88. The maximum Gasteiger partial charge on any atom is 0.573 e. The molecule has 3 aromatic heterocycles. The Hall–Kier alpha value is -3.95. The number of alkyl halides is 3. The van der Waals surface area contributed by atoms with E-state index in [4.69, 9.17) is 0 Å². The number of aromatic nitrogens is 4. The Labute approximate surface area is 194 Å². The molecule has 0 unspecified atom stereocenters. The molecule has 4 aromatic rings. The van der Waals surface area contributed by atoms with Crippen LogP contribution in [-0.2, 0) is 4.79 Å². The van der Waals surface area contributed by atoms with Gasteiger partial charge in [0.2, 0.25) is 6.41 Å². The minimum atomic E-state index is -4.75. The SMILES string of the molecule is Cc1cc(C)nc(NC=O)c1.Cc1nc2c(C)cc(-c3ccccc3OC(F)(F)F)nn2c1C. The summed E-state index contributed by atoms with van der Waals surface area (Å²) in [6.07, 6.45) is -4.13. The second kappa shape index (κ2) is 9.90. The van der Waals surface area contributed by atoms with Crippen LogP contribution in [0.2, 0.25) is 0 Å². The average Bonchev–Trinajstić information content (AvgIpc) is 3.02. The van der Waals surface area contributed by atoms with E-state index in [1.165, 1.54) is 12.1 Å². The molecule has 3 heterocycles. The number of nitrogens with zero attached hydrogens (tertiary/aromatic N) is 4. The van der Waals surface area contributed by atoms with E-state index in [9.17, 15) is 18.0 Å². The van der Waals surface area contributed by atoms with Crippen LogP contribution in [0.4, 0.5) is 19.0 Å². The molecule has 1 N–H and O–H groups in total. The largest absolute Gasteiger partial charge is 0.573 e. The lowest BCUT2D eigenvalue weighted by atomic mass is 10.1. The van der Waals surface area contributed by atoms with Gasteiger partial charge in [-0.1, -0.05) is 12.1 Å². The predicted molar refractivity (Wildman–Crippen MR) is 123 cm³/mol. The van der Waals surface area contributed by atoms with Crippen molar-refractivity contribution in [2.45, 2.75) is 41.0 Å². The number of rotatable bonds is 4. The zero-order chi connectivity index (χ0) is 25.0. The molecular formula is C24H24F3N5O2. The summed E-state index contributed by atoms with van der Waals surface area (Å²) in [6.45, 7) is 9.43. The molecule has 0 radical (unpaired) electrons. The van der Waals surface area contributed by atoms with Crippen LogP contribution in [0.3, 0.4) is 0 Å². The van der Waals surface area contributed by atoms with Crippen molar-refractivity contribution in [1.29, 1.82) is 0 Å². The van der Waals surface area contributed by atoms with E-state index in [-0.39, 0.29) is 11.3 Å². The van der Waals surface area contributed by atoms with E-state index in [0.29, 0.717) is 23.6 Å². The summed E-state index contributed by atoms with van der Waals surface area (Å²) in [5, 5.41) is 6.92. The number of halogens is 3. The highest BCUT2D eigenvalue weighted by atomic mass is 19.4. The first kappa shape index (κ1) is 24.7. The fourth-order valence-electron chi connectivity index (χ4n) is 3.38. The molecule has 0 aliphatic rings. The van der Waals surface area contributed by atoms with Gasteiger partial charge in [0.1, 0.15) is 11.6 Å². The number of carbonyl (C=O) groups excluding carboxylic acids is 1. The van der Waals surface area contributed by atoms with Crippen LogP contribution in [0, 0.1) is 34.6 Å². The van der Waals surface area contributed by atoms with E-state index in [1.807, 2.05) is 46.8 Å². The van der Waals surface area contributed by atoms with Gasteiger partial charge in [-0.2, -0.15) is 5.10 Å². The molecule has 1 amide bonds. The highest BCUT2D eigenvalue weighted by molar-refractivity contribution is 5.70. The quantitative estimate of drug-likeness (QED) is 0.398. The number of anilines is 1. The molecule has 34 heavy (non-hydrogen) atoms. The molecule has 0 spiro atoms. The van der Waals surface area contributed by atoms with Crippen molar-refractivity contribution in [3.63, 3.8) is 0 Å². The summed E-state index contributed by atoms with van der Waals surface area (Å²) in [6, 6.07) is 11.4.